The number of carbonyl (C=O) groups excluding carboxylic acids is 1. The highest BCUT2D eigenvalue weighted by Gasteiger charge is 2.47. The number of H-pyrrole nitrogens is 1. The van der Waals surface area contributed by atoms with Crippen LogP contribution in [0.4, 0.5) is 0 Å². The highest BCUT2D eigenvalue weighted by Crippen LogP contribution is 2.49. The van der Waals surface area contributed by atoms with Crippen molar-refractivity contribution in [1.82, 2.24) is 25.4 Å². The lowest BCUT2D eigenvalue weighted by molar-refractivity contribution is 0.0767. The van der Waals surface area contributed by atoms with Crippen molar-refractivity contribution in [3.8, 4) is 17.0 Å². The van der Waals surface area contributed by atoms with Gasteiger partial charge >= 0.3 is 0 Å². The summed E-state index contributed by atoms with van der Waals surface area (Å²) in [7, 11) is 2.11. The minimum Gasteiger partial charge on any atom is -0.492 e. The van der Waals surface area contributed by atoms with Crippen LogP contribution in [0, 0.1) is 6.92 Å². The first-order valence-corrected chi connectivity index (χ1v) is 12.2. The molecule has 2 aromatic heterocycles. The number of carbonyl (C=O) groups is 1. The van der Waals surface area contributed by atoms with E-state index in [1.54, 1.807) is 12.4 Å². The number of nitrogens with one attached hydrogen (secondary N) is 2. The number of amides is 1. The number of rotatable bonds is 7. The molecule has 4 aromatic rings. The Bertz CT molecular complexity index is 1390. The normalized spacial score (nSPS) is 18.7. The number of aryl methyl sites for hydroxylation is 1. The molecule has 2 aliphatic rings. The first-order valence-electron chi connectivity index (χ1n) is 12.2. The molecule has 1 aliphatic carbocycles. The fourth-order valence-electron chi connectivity index (χ4n) is 4.93. The van der Waals surface area contributed by atoms with E-state index < -0.39 is 5.54 Å². The van der Waals surface area contributed by atoms with Crippen LogP contribution in [0.15, 0.2) is 60.9 Å². The minimum atomic E-state index is -0.410. The molecule has 3 heterocycles. The topological polar surface area (TPSA) is 83.1 Å². The van der Waals surface area contributed by atoms with Crippen LogP contribution in [0.3, 0.4) is 0 Å². The molecule has 178 valence electrons. The Morgan fingerprint density at radius 1 is 1.20 bits per heavy atom. The van der Waals surface area contributed by atoms with Crippen molar-refractivity contribution >= 4 is 16.8 Å². The van der Waals surface area contributed by atoms with E-state index in [-0.39, 0.29) is 5.91 Å². The number of likely N-dealkylation sites (N-methyl/N-ethyl adjacent to an activating group) is 1. The lowest BCUT2D eigenvalue weighted by Gasteiger charge is -2.37. The number of likely N-dealkylation sites (tertiary alicyclic amines) is 1. The van der Waals surface area contributed by atoms with Gasteiger partial charge in [0.1, 0.15) is 12.4 Å². The first-order chi connectivity index (χ1) is 17.0. The molecule has 1 saturated heterocycles. The van der Waals surface area contributed by atoms with Crippen LogP contribution in [0.25, 0.3) is 22.2 Å². The summed E-state index contributed by atoms with van der Waals surface area (Å²) in [6.45, 7) is 3.73. The Kier molecular flexibility index (Phi) is 5.29. The summed E-state index contributed by atoms with van der Waals surface area (Å²) < 4.78 is 6.03. The van der Waals surface area contributed by atoms with Crippen LogP contribution < -0.4 is 10.1 Å². The van der Waals surface area contributed by atoms with Crippen molar-refractivity contribution in [1.29, 1.82) is 0 Å². The van der Waals surface area contributed by atoms with Gasteiger partial charge in [0.05, 0.1) is 16.7 Å². The zero-order valence-corrected chi connectivity index (χ0v) is 20.0. The number of hydrogen-bond acceptors (Lipinski definition) is 5. The second-order valence-corrected chi connectivity index (χ2v) is 9.81. The molecule has 0 spiro atoms. The Labute approximate surface area is 204 Å². The number of fused-ring (bicyclic) bond motifs is 1. The Balaban J connectivity index is 1.29. The zero-order chi connectivity index (χ0) is 24.0. The Morgan fingerprint density at radius 2 is 2.09 bits per heavy atom. The molecular weight excluding hydrogens is 438 g/mol. The van der Waals surface area contributed by atoms with Gasteiger partial charge in [-0.2, -0.15) is 5.10 Å². The fourth-order valence-corrected chi connectivity index (χ4v) is 4.93. The van der Waals surface area contributed by atoms with Crippen molar-refractivity contribution in [2.45, 2.75) is 37.8 Å². The standard InChI is InChI=1S/C28H29N5O2/c1-18-5-6-21(35-17-20-8-13-33(20)2)16-23(18)27(34)31-28(9-10-28)24-14-19(25-7-12-30-32-25)15-26-22(24)4-3-11-29-26/h3-7,11-12,14-16,20H,8-10,13,17H2,1-2H3,(H,30,32)(H,31,34). The predicted molar refractivity (Wildman–Crippen MR) is 135 cm³/mol. The number of pyridine rings is 1. The van der Waals surface area contributed by atoms with Gasteiger partial charge in [-0.05, 0) is 87.3 Å². The lowest BCUT2D eigenvalue weighted by Crippen LogP contribution is -2.48. The number of ether oxygens (including phenoxy) is 1. The van der Waals surface area contributed by atoms with E-state index in [1.807, 2.05) is 37.3 Å². The van der Waals surface area contributed by atoms with Gasteiger partial charge in [-0.1, -0.05) is 12.1 Å². The highest BCUT2D eigenvalue weighted by atomic mass is 16.5. The average molecular weight is 468 g/mol. The summed E-state index contributed by atoms with van der Waals surface area (Å²) in [5, 5.41) is 11.6. The molecule has 6 rings (SSSR count). The molecule has 35 heavy (non-hydrogen) atoms. The van der Waals surface area contributed by atoms with E-state index in [0.29, 0.717) is 18.2 Å². The zero-order valence-electron chi connectivity index (χ0n) is 20.0. The number of aromatic amines is 1. The van der Waals surface area contributed by atoms with Crippen LogP contribution >= 0.6 is 0 Å². The third-order valence-electron chi connectivity index (χ3n) is 7.49. The van der Waals surface area contributed by atoms with Gasteiger partial charge in [0, 0.05) is 34.9 Å². The molecule has 0 bridgehead atoms. The molecule has 7 nitrogen and oxygen atoms in total. The molecule has 2 fully saturated rings. The first kappa shape index (κ1) is 21.8. The second-order valence-electron chi connectivity index (χ2n) is 9.81. The van der Waals surface area contributed by atoms with Crippen LogP contribution in [0.2, 0.25) is 0 Å². The predicted octanol–water partition coefficient (Wildman–Crippen LogP) is 4.44. The summed E-state index contributed by atoms with van der Waals surface area (Å²) in [5.74, 6) is 0.664. The lowest BCUT2D eigenvalue weighted by atomic mass is 9.95. The molecule has 1 amide bonds. The third-order valence-corrected chi connectivity index (χ3v) is 7.49. The fraction of sp³-hybridized carbons (Fsp3) is 0.321. The smallest absolute Gasteiger partial charge is 0.252 e. The molecule has 2 aromatic carbocycles. The summed E-state index contributed by atoms with van der Waals surface area (Å²) in [5.41, 5.74) is 5.12. The summed E-state index contributed by atoms with van der Waals surface area (Å²) >= 11 is 0. The quantitative estimate of drug-likeness (QED) is 0.420. The van der Waals surface area contributed by atoms with Crippen LogP contribution in [-0.2, 0) is 5.54 Å². The maximum absolute atomic E-state index is 13.5. The molecule has 1 atom stereocenters. The Hall–Kier alpha value is -3.71. The summed E-state index contributed by atoms with van der Waals surface area (Å²) in [6.07, 6.45) is 6.47. The van der Waals surface area contributed by atoms with E-state index in [2.05, 4.69) is 50.6 Å². The second kappa shape index (κ2) is 8.50. The monoisotopic (exact) mass is 467 g/mol. The van der Waals surface area contributed by atoms with Gasteiger partial charge in [-0.3, -0.25) is 19.8 Å². The SMILES string of the molecule is Cc1ccc(OCC2CCN2C)cc1C(=O)NC1(c2cc(-c3ccn[nH]3)cc3ncccc23)CC1. The number of hydrogen-bond donors (Lipinski definition) is 2. The molecule has 1 aliphatic heterocycles. The molecule has 1 unspecified atom stereocenters. The average Bonchev–Trinajstić information content (AvgIpc) is 3.42. The van der Waals surface area contributed by atoms with Gasteiger partial charge in [-0.15, -0.1) is 0 Å². The highest BCUT2D eigenvalue weighted by molar-refractivity contribution is 5.98. The third kappa shape index (κ3) is 4.06. The van der Waals surface area contributed by atoms with Crippen molar-refractivity contribution < 1.29 is 9.53 Å². The van der Waals surface area contributed by atoms with Gasteiger partial charge < -0.3 is 10.1 Å². The molecular formula is C28H29N5O2. The van der Waals surface area contributed by atoms with Crippen LogP contribution in [0.5, 0.6) is 5.75 Å². The van der Waals surface area contributed by atoms with Gasteiger partial charge in [-0.25, -0.2) is 0 Å². The van der Waals surface area contributed by atoms with E-state index in [9.17, 15) is 4.79 Å². The molecule has 2 N–H and O–H groups in total. The largest absolute Gasteiger partial charge is 0.492 e. The number of aromatic nitrogens is 3. The van der Waals surface area contributed by atoms with Crippen molar-refractivity contribution in [2.75, 3.05) is 20.2 Å². The van der Waals surface area contributed by atoms with Crippen molar-refractivity contribution in [2.24, 2.45) is 0 Å². The van der Waals surface area contributed by atoms with Crippen LogP contribution in [-0.4, -0.2) is 52.2 Å². The molecule has 0 radical (unpaired) electrons. The van der Waals surface area contributed by atoms with Gasteiger partial charge in [0.25, 0.3) is 5.91 Å². The summed E-state index contributed by atoms with van der Waals surface area (Å²) in [6, 6.07) is 16.4. The maximum atomic E-state index is 13.5. The minimum absolute atomic E-state index is 0.0739. The Morgan fingerprint density at radius 3 is 2.80 bits per heavy atom. The molecule has 7 heteroatoms. The van der Waals surface area contributed by atoms with Gasteiger partial charge in [0.15, 0.2) is 0 Å². The van der Waals surface area contributed by atoms with E-state index in [1.165, 1.54) is 0 Å². The van der Waals surface area contributed by atoms with E-state index in [0.717, 1.165) is 64.8 Å². The van der Waals surface area contributed by atoms with Crippen LogP contribution in [0.1, 0.15) is 40.7 Å². The number of nitrogens with zero attached hydrogens (tertiary/aromatic N) is 3. The van der Waals surface area contributed by atoms with Crippen molar-refractivity contribution in [3.63, 3.8) is 0 Å². The van der Waals surface area contributed by atoms with E-state index in [4.69, 9.17) is 4.74 Å². The van der Waals surface area contributed by atoms with Gasteiger partial charge in [0.2, 0.25) is 0 Å². The van der Waals surface area contributed by atoms with E-state index >= 15 is 0 Å². The maximum Gasteiger partial charge on any atom is 0.252 e. The number of benzene rings is 2. The van der Waals surface area contributed by atoms with Crippen molar-refractivity contribution in [3.05, 3.63) is 77.6 Å². The summed E-state index contributed by atoms with van der Waals surface area (Å²) in [4.78, 5) is 20.4. The molecule has 1 saturated carbocycles.